The van der Waals surface area contributed by atoms with Gasteiger partial charge in [-0.05, 0) is 12.1 Å². The van der Waals surface area contributed by atoms with Crippen molar-refractivity contribution in [2.75, 3.05) is 5.32 Å². The number of para-hydroxylation sites is 1. The molecule has 0 aliphatic carbocycles. The van der Waals surface area contributed by atoms with E-state index in [0.29, 0.717) is 0 Å². The maximum Gasteiger partial charge on any atom is 0.338 e. The zero-order chi connectivity index (χ0) is 13.1. The molecule has 0 bridgehead atoms. The predicted octanol–water partition coefficient (Wildman–Crippen LogP) is 2.72. The molecule has 0 aliphatic heterocycles. The van der Waals surface area contributed by atoms with Crippen molar-refractivity contribution in [1.82, 2.24) is 10.2 Å². The molecule has 0 unspecified atom stereocenters. The van der Waals surface area contributed by atoms with Crippen LogP contribution < -0.4 is 5.32 Å². The lowest BCUT2D eigenvalue weighted by molar-refractivity contribution is 0.0695. The number of rotatable bonds is 3. The van der Waals surface area contributed by atoms with E-state index in [0.717, 1.165) is 0 Å². The maximum atomic E-state index is 13.4. The van der Waals surface area contributed by atoms with Gasteiger partial charge in [-0.25, -0.2) is 9.18 Å². The Balaban J connectivity index is 2.36. The standard InChI is InChI=1S/C11H8FN3O2S/c12-7-3-1-2-4-8(7)13-9-5-6(11(16)17)10(18)15-14-9/h1-5H,(H,13,14)(H,15,18)(H,16,17). The van der Waals surface area contributed by atoms with Crippen molar-refractivity contribution in [3.8, 4) is 0 Å². The second kappa shape index (κ2) is 4.92. The van der Waals surface area contributed by atoms with Gasteiger partial charge < -0.3 is 10.4 Å². The number of aromatic amines is 1. The number of H-pyrrole nitrogens is 1. The number of nitrogens with zero attached hydrogens (tertiary/aromatic N) is 1. The average Bonchev–Trinajstić information content (AvgIpc) is 2.34. The minimum absolute atomic E-state index is 0.0154. The third-order valence-corrected chi connectivity index (χ3v) is 2.48. The lowest BCUT2D eigenvalue weighted by atomic mass is 10.3. The molecule has 0 radical (unpaired) electrons. The number of anilines is 2. The second-order valence-electron chi connectivity index (χ2n) is 3.41. The van der Waals surface area contributed by atoms with Gasteiger partial charge in [0.15, 0.2) is 5.82 Å². The van der Waals surface area contributed by atoms with Crippen molar-refractivity contribution < 1.29 is 14.3 Å². The number of aromatic nitrogens is 2. The minimum atomic E-state index is -1.17. The SMILES string of the molecule is O=C(O)c1cc(Nc2ccccc2F)n[nH]c1=S. The molecule has 0 aliphatic rings. The Morgan fingerprint density at radius 3 is 2.83 bits per heavy atom. The Labute approximate surface area is 106 Å². The summed E-state index contributed by atoms with van der Waals surface area (Å²) in [7, 11) is 0. The molecule has 0 spiro atoms. The van der Waals surface area contributed by atoms with E-state index in [-0.39, 0.29) is 21.7 Å². The number of nitrogens with one attached hydrogen (secondary N) is 2. The molecule has 0 atom stereocenters. The summed E-state index contributed by atoms with van der Waals surface area (Å²) in [5.41, 5.74) is 0.102. The van der Waals surface area contributed by atoms with E-state index in [1.54, 1.807) is 12.1 Å². The van der Waals surface area contributed by atoms with Crippen LogP contribution in [0.1, 0.15) is 10.4 Å². The molecular formula is C11H8FN3O2S. The normalized spacial score (nSPS) is 10.1. The molecule has 7 heteroatoms. The van der Waals surface area contributed by atoms with E-state index in [2.05, 4.69) is 15.5 Å². The molecule has 18 heavy (non-hydrogen) atoms. The highest BCUT2D eigenvalue weighted by Crippen LogP contribution is 2.18. The number of aromatic carboxylic acids is 1. The van der Waals surface area contributed by atoms with Crippen LogP contribution in [-0.2, 0) is 0 Å². The summed E-state index contributed by atoms with van der Waals surface area (Å²) in [4.78, 5) is 10.9. The van der Waals surface area contributed by atoms with Gasteiger partial charge in [-0.3, -0.25) is 5.10 Å². The van der Waals surface area contributed by atoms with Crippen LogP contribution in [0.25, 0.3) is 0 Å². The Kier molecular flexibility index (Phi) is 3.33. The first-order chi connectivity index (χ1) is 8.58. The summed E-state index contributed by atoms with van der Waals surface area (Å²) in [6.45, 7) is 0. The van der Waals surface area contributed by atoms with Gasteiger partial charge in [-0.2, -0.15) is 5.10 Å². The van der Waals surface area contributed by atoms with E-state index < -0.39 is 11.8 Å². The molecule has 1 aromatic carbocycles. The third kappa shape index (κ3) is 2.51. The molecular weight excluding hydrogens is 257 g/mol. The first-order valence-corrected chi connectivity index (χ1v) is 5.33. The van der Waals surface area contributed by atoms with Crippen LogP contribution >= 0.6 is 12.2 Å². The summed E-state index contributed by atoms with van der Waals surface area (Å²) in [5, 5.41) is 17.7. The van der Waals surface area contributed by atoms with Crippen LogP contribution in [0.4, 0.5) is 15.9 Å². The molecule has 1 aromatic heterocycles. The highest BCUT2D eigenvalue weighted by atomic mass is 32.1. The Morgan fingerprint density at radius 1 is 1.44 bits per heavy atom. The summed E-state index contributed by atoms with van der Waals surface area (Å²) in [6.07, 6.45) is 0. The molecule has 2 rings (SSSR count). The zero-order valence-electron chi connectivity index (χ0n) is 8.98. The number of carboxylic acid groups (broad SMARTS) is 1. The summed E-state index contributed by atoms with van der Waals surface area (Å²) >= 11 is 4.78. The van der Waals surface area contributed by atoms with Crippen LogP contribution in [0.2, 0.25) is 0 Å². The summed E-state index contributed by atoms with van der Waals surface area (Å²) in [6, 6.07) is 7.24. The number of hydrogen-bond acceptors (Lipinski definition) is 4. The average molecular weight is 265 g/mol. The smallest absolute Gasteiger partial charge is 0.338 e. The molecule has 0 fully saturated rings. The minimum Gasteiger partial charge on any atom is -0.478 e. The van der Waals surface area contributed by atoms with E-state index >= 15 is 0 Å². The molecule has 0 saturated carbocycles. The third-order valence-electron chi connectivity index (χ3n) is 2.17. The summed E-state index contributed by atoms with van der Waals surface area (Å²) < 4.78 is 13.4. The van der Waals surface area contributed by atoms with E-state index in [9.17, 15) is 9.18 Å². The monoisotopic (exact) mass is 265 g/mol. The van der Waals surface area contributed by atoms with Gasteiger partial charge in [0, 0.05) is 6.07 Å². The van der Waals surface area contributed by atoms with E-state index in [4.69, 9.17) is 17.3 Å². The number of halogens is 1. The molecule has 5 nitrogen and oxygen atoms in total. The van der Waals surface area contributed by atoms with Crippen LogP contribution in [0, 0.1) is 10.5 Å². The van der Waals surface area contributed by atoms with Gasteiger partial charge in [0.25, 0.3) is 0 Å². The number of benzene rings is 1. The summed E-state index contributed by atoms with van der Waals surface area (Å²) in [5.74, 6) is -1.46. The highest BCUT2D eigenvalue weighted by Gasteiger charge is 2.09. The topological polar surface area (TPSA) is 78.0 Å². The van der Waals surface area contributed by atoms with Gasteiger partial charge in [-0.1, -0.05) is 24.4 Å². The molecule has 0 amide bonds. The first kappa shape index (κ1) is 12.2. The largest absolute Gasteiger partial charge is 0.478 e. The molecule has 2 aromatic rings. The van der Waals surface area contributed by atoms with Crippen molar-refractivity contribution in [2.24, 2.45) is 0 Å². The van der Waals surface area contributed by atoms with Gasteiger partial charge in [0.2, 0.25) is 0 Å². The van der Waals surface area contributed by atoms with Crippen molar-refractivity contribution in [3.05, 3.63) is 46.4 Å². The Hall–Kier alpha value is -2.28. The van der Waals surface area contributed by atoms with Gasteiger partial charge in [0.1, 0.15) is 10.5 Å². The van der Waals surface area contributed by atoms with E-state index in [1.807, 2.05) is 0 Å². The number of hydrogen-bond donors (Lipinski definition) is 3. The zero-order valence-corrected chi connectivity index (χ0v) is 9.79. The fourth-order valence-electron chi connectivity index (χ4n) is 1.33. The van der Waals surface area contributed by atoms with Crippen molar-refractivity contribution >= 4 is 29.7 Å². The fourth-order valence-corrected chi connectivity index (χ4v) is 1.52. The lowest BCUT2D eigenvalue weighted by Gasteiger charge is -2.06. The lowest BCUT2D eigenvalue weighted by Crippen LogP contribution is -2.04. The Morgan fingerprint density at radius 2 is 2.17 bits per heavy atom. The predicted molar refractivity (Wildman–Crippen MR) is 66.1 cm³/mol. The van der Waals surface area contributed by atoms with Gasteiger partial charge >= 0.3 is 5.97 Å². The van der Waals surface area contributed by atoms with Crippen molar-refractivity contribution in [1.29, 1.82) is 0 Å². The number of carbonyl (C=O) groups is 1. The second-order valence-corrected chi connectivity index (χ2v) is 3.81. The molecule has 92 valence electrons. The Bertz CT molecular complexity index is 657. The van der Waals surface area contributed by atoms with Crippen LogP contribution in [-0.4, -0.2) is 21.3 Å². The quantitative estimate of drug-likeness (QED) is 0.744. The van der Waals surface area contributed by atoms with E-state index in [1.165, 1.54) is 18.2 Å². The molecule has 3 N–H and O–H groups in total. The van der Waals surface area contributed by atoms with Crippen molar-refractivity contribution in [2.45, 2.75) is 0 Å². The maximum absolute atomic E-state index is 13.4. The van der Waals surface area contributed by atoms with Crippen molar-refractivity contribution in [3.63, 3.8) is 0 Å². The highest BCUT2D eigenvalue weighted by molar-refractivity contribution is 7.71. The fraction of sp³-hybridized carbons (Fsp3) is 0. The molecule has 1 heterocycles. The molecule has 0 saturated heterocycles. The van der Waals surface area contributed by atoms with Crippen LogP contribution in [0.5, 0.6) is 0 Å². The number of carboxylic acids is 1. The van der Waals surface area contributed by atoms with Crippen LogP contribution in [0.3, 0.4) is 0 Å². The first-order valence-electron chi connectivity index (χ1n) is 4.92. The van der Waals surface area contributed by atoms with Crippen LogP contribution in [0.15, 0.2) is 30.3 Å². The van der Waals surface area contributed by atoms with Gasteiger partial charge in [-0.15, -0.1) is 0 Å². The van der Waals surface area contributed by atoms with Gasteiger partial charge in [0.05, 0.1) is 11.3 Å².